The van der Waals surface area contributed by atoms with E-state index in [-0.39, 0.29) is 0 Å². The molecule has 1 aromatic rings. The molecule has 0 aliphatic carbocycles. The SMILES string of the molecule is Bn1cc(C(C)C)nn1. The Bertz CT molecular complexity index is 194. The quantitative estimate of drug-likeness (QED) is 0.484. The second kappa shape index (κ2) is 2.21. The van der Waals surface area contributed by atoms with E-state index in [0.29, 0.717) is 5.92 Å². The van der Waals surface area contributed by atoms with Gasteiger partial charge in [0, 0.05) is 6.20 Å². The van der Waals surface area contributed by atoms with Crippen molar-refractivity contribution in [3.05, 3.63) is 11.9 Å². The maximum absolute atomic E-state index is 3.93. The minimum atomic E-state index is 0.485. The summed E-state index contributed by atoms with van der Waals surface area (Å²) in [4.78, 5) is 0. The summed E-state index contributed by atoms with van der Waals surface area (Å²) in [5, 5.41) is 7.73. The summed E-state index contributed by atoms with van der Waals surface area (Å²) in [5.41, 5.74) is 1.05. The molecule has 0 atom stereocenters. The fourth-order valence-electron chi connectivity index (χ4n) is 0.630. The van der Waals surface area contributed by atoms with E-state index < -0.39 is 0 Å². The van der Waals surface area contributed by atoms with Gasteiger partial charge in [-0.2, -0.15) is 0 Å². The zero-order valence-corrected chi connectivity index (χ0v) is 6.00. The molecule has 9 heavy (non-hydrogen) atoms. The Balaban J connectivity index is 2.85. The van der Waals surface area contributed by atoms with Gasteiger partial charge in [-0.25, -0.2) is 0 Å². The Hall–Kier alpha value is -0.795. The van der Waals surface area contributed by atoms with Gasteiger partial charge in [-0.1, -0.05) is 19.1 Å². The van der Waals surface area contributed by atoms with Crippen LogP contribution in [0.4, 0.5) is 0 Å². The first-order valence-corrected chi connectivity index (χ1v) is 3.06. The summed E-state index contributed by atoms with van der Waals surface area (Å²) < 4.78 is 1.72. The van der Waals surface area contributed by atoms with Crippen LogP contribution in [0.15, 0.2) is 6.20 Å². The maximum atomic E-state index is 3.93. The van der Waals surface area contributed by atoms with Crippen molar-refractivity contribution in [1.82, 2.24) is 14.9 Å². The molecule has 0 spiro atoms. The first kappa shape index (κ1) is 6.33. The molecule has 3 nitrogen and oxygen atoms in total. The summed E-state index contributed by atoms with van der Waals surface area (Å²) in [7, 11) is 1.87. The van der Waals surface area contributed by atoms with Crippen molar-refractivity contribution < 1.29 is 0 Å². The summed E-state index contributed by atoms with van der Waals surface area (Å²) in [6.45, 7) is 4.20. The Morgan fingerprint density at radius 2 is 2.33 bits per heavy atom. The molecular formula is C5H10BN3. The topological polar surface area (TPSA) is 30.7 Å². The van der Waals surface area contributed by atoms with Crippen LogP contribution < -0.4 is 0 Å². The molecular weight excluding hydrogens is 113 g/mol. The van der Waals surface area contributed by atoms with Crippen LogP contribution in [0.5, 0.6) is 0 Å². The van der Waals surface area contributed by atoms with Crippen molar-refractivity contribution in [2.75, 3.05) is 0 Å². The molecule has 0 N–H and O–H groups in total. The van der Waals surface area contributed by atoms with E-state index in [1.807, 2.05) is 14.2 Å². The van der Waals surface area contributed by atoms with Crippen LogP contribution in [0.2, 0.25) is 0 Å². The van der Waals surface area contributed by atoms with Crippen LogP contribution >= 0.6 is 0 Å². The van der Waals surface area contributed by atoms with Gasteiger partial charge in [0.2, 0.25) is 0 Å². The predicted octanol–water partition coefficient (Wildman–Crippen LogP) is -0.202. The minimum Gasteiger partial charge on any atom is -0.306 e. The van der Waals surface area contributed by atoms with Crippen LogP contribution in [0, 0.1) is 0 Å². The van der Waals surface area contributed by atoms with Crippen LogP contribution in [-0.4, -0.2) is 22.9 Å². The van der Waals surface area contributed by atoms with Crippen molar-refractivity contribution in [2.24, 2.45) is 0 Å². The van der Waals surface area contributed by atoms with Gasteiger partial charge in [0.1, 0.15) is 0 Å². The highest BCUT2D eigenvalue weighted by molar-refractivity contribution is 6.05. The first-order chi connectivity index (χ1) is 4.20. The minimum absolute atomic E-state index is 0.485. The van der Waals surface area contributed by atoms with Gasteiger partial charge >= 0.3 is 0 Å². The highest BCUT2D eigenvalue weighted by Gasteiger charge is 2.00. The van der Waals surface area contributed by atoms with Gasteiger partial charge in [0.15, 0.2) is 0 Å². The number of nitrogens with zero attached hydrogens (tertiary/aromatic N) is 3. The Morgan fingerprint density at radius 1 is 1.67 bits per heavy atom. The van der Waals surface area contributed by atoms with E-state index in [9.17, 15) is 0 Å². The summed E-state index contributed by atoms with van der Waals surface area (Å²) in [6, 6.07) is 0. The van der Waals surface area contributed by atoms with Crippen molar-refractivity contribution in [2.45, 2.75) is 19.8 Å². The van der Waals surface area contributed by atoms with Gasteiger partial charge in [-0.15, -0.1) is 5.10 Å². The molecule has 0 fully saturated rings. The maximum Gasteiger partial charge on any atom is 0.251 e. The average molecular weight is 123 g/mol. The first-order valence-electron chi connectivity index (χ1n) is 3.06. The summed E-state index contributed by atoms with van der Waals surface area (Å²) >= 11 is 0. The molecule has 0 aliphatic rings. The van der Waals surface area contributed by atoms with Crippen molar-refractivity contribution in [1.29, 1.82) is 0 Å². The molecule has 0 saturated heterocycles. The molecule has 1 aromatic heterocycles. The lowest BCUT2D eigenvalue weighted by Crippen LogP contribution is -1.89. The normalized spacial score (nSPS) is 10.6. The van der Waals surface area contributed by atoms with E-state index in [1.165, 1.54) is 0 Å². The van der Waals surface area contributed by atoms with E-state index in [4.69, 9.17) is 0 Å². The third-order valence-corrected chi connectivity index (χ3v) is 1.21. The molecule has 0 saturated carbocycles. The zero-order valence-electron chi connectivity index (χ0n) is 6.00. The van der Waals surface area contributed by atoms with Gasteiger partial charge < -0.3 is 4.59 Å². The fourth-order valence-corrected chi connectivity index (χ4v) is 0.630. The highest BCUT2D eigenvalue weighted by Crippen LogP contribution is 2.07. The van der Waals surface area contributed by atoms with Crippen molar-refractivity contribution in [3.63, 3.8) is 0 Å². The van der Waals surface area contributed by atoms with Crippen molar-refractivity contribution >= 4 is 7.98 Å². The molecule has 48 valence electrons. The highest BCUT2D eigenvalue weighted by atomic mass is 15.4. The second-order valence-electron chi connectivity index (χ2n) is 2.47. The second-order valence-corrected chi connectivity index (χ2v) is 2.47. The molecule has 0 unspecified atom stereocenters. The standard InChI is InChI=1S/C5H10BN3/c1-4(2)5-3-9(6)8-7-5/h3-4H,6H2,1-2H3. The third-order valence-electron chi connectivity index (χ3n) is 1.21. The number of hydrogen-bond donors (Lipinski definition) is 0. The van der Waals surface area contributed by atoms with Gasteiger partial charge in [-0.05, 0) is 5.92 Å². The van der Waals surface area contributed by atoms with E-state index in [2.05, 4.69) is 24.2 Å². The Morgan fingerprint density at radius 3 is 2.56 bits per heavy atom. The molecule has 0 bridgehead atoms. The average Bonchev–Trinajstić information content (AvgIpc) is 2.14. The smallest absolute Gasteiger partial charge is 0.251 e. The lowest BCUT2D eigenvalue weighted by Gasteiger charge is -1.93. The Labute approximate surface area is 55.5 Å². The summed E-state index contributed by atoms with van der Waals surface area (Å²) in [5.74, 6) is 0.485. The summed E-state index contributed by atoms with van der Waals surface area (Å²) in [6.07, 6.45) is 1.94. The van der Waals surface area contributed by atoms with E-state index in [0.717, 1.165) is 5.69 Å². The van der Waals surface area contributed by atoms with Crippen LogP contribution in [0.3, 0.4) is 0 Å². The van der Waals surface area contributed by atoms with Crippen molar-refractivity contribution in [3.8, 4) is 0 Å². The van der Waals surface area contributed by atoms with Crippen LogP contribution in [-0.2, 0) is 0 Å². The Kier molecular flexibility index (Phi) is 1.55. The molecule has 0 aliphatic heterocycles. The number of hydrogen-bond acceptors (Lipinski definition) is 2. The molecule has 0 radical (unpaired) electrons. The van der Waals surface area contributed by atoms with E-state index in [1.54, 1.807) is 4.59 Å². The third kappa shape index (κ3) is 1.31. The monoisotopic (exact) mass is 123 g/mol. The van der Waals surface area contributed by atoms with Gasteiger partial charge in [-0.3, -0.25) is 0 Å². The van der Waals surface area contributed by atoms with E-state index >= 15 is 0 Å². The zero-order chi connectivity index (χ0) is 6.85. The fraction of sp³-hybridized carbons (Fsp3) is 0.600. The van der Waals surface area contributed by atoms with Crippen LogP contribution in [0.1, 0.15) is 25.5 Å². The molecule has 1 heterocycles. The molecule has 4 heteroatoms. The largest absolute Gasteiger partial charge is 0.306 e. The molecule has 1 rings (SSSR count). The van der Waals surface area contributed by atoms with Gasteiger partial charge in [0.05, 0.1) is 5.69 Å². The molecule has 0 amide bonds. The lowest BCUT2D eigenvalue weighted by molar-refractivity contribution is 0.797. The van der Waals surface area contributed by atoms with Gasteiger partial charge in [0.25, 0.3) is 7.98 Å². The predicted molar refractivity (Wildman–Crippen MR) is 38.1 cm³/mol. The number of aromatic nitrogens is 3. The number of rotatable bonds is 1. The van der Waals surface area contributed by atoms with Crippen LogP contribution in [0.25, 0.3) is 0 Å². The lowest BCUT2D eigenvalue weighted by atomic mass is 10.1. The molecule has 0 aromatic carbocycles.